The Balaban J connectivity index is 1.21. The Kier molecular flexibility index (Phi) is 12.4. The number of hydrogen-bond acceptors (Lipinski definition) is 9. The van der Waals surface area contributed by atoms with Crippen LogP contribution in [0.15, 0.2) is 79.4 Å². The molecule has 4 heterocycles. The van der Waals surface area contributed by atoms with Crippen LogP contribution >= 0.6 is 0 Å². The lowest BCUT2D eigenvalue weighted by Gasteiger charge is -2.24. The standard InChI is InChI=1S/C39H50N10O/c1-28(2)35-26-45-46-27-44-39(43-24-29-14-17-40-18-15-29)48-38(35)42-25-31-9-4-5-10-33(31)37-34-13-12-32(23-30(34)16-19-41-37)47-36(50)11-8-22-49-20-6-3-7-21-49/h4-5,8-13,16,19,23,26-29,40,45H,3,6-7,14-15,17-18,20-22,24-25H2,1-2H3,(H,47,50)(H2,42,43,44,46,48)/b11-8+,35-26?. The van der Waals surface area contributed by atoms with Gasteiger partial charge < -0.3 is 21.3 Å². The van der Waals surface area contributed by atoms with Crippen molar-refractivity contribution in [3.8, 4) is 11.3 Å². The van der Waals surface area contributed by atoms with Gasteiger partial charge in [-0.15, -0.1) is 0 Å². The number of H-pyrrole nitrogens is 1. The number of rotatable bonds is 12. The van der Waals surface area contributed by atoms with E-state index in [1.807, 2.05) is 54.9 Å². The quantitative estimate of drug-likeness (QED) is 0.104. The summed E-state index contributed by atoms with van der Waals surface area (Å²) in [5, 5.41) is 22.8. The molecule has 1 amide bonds. The van der Waals surface area contributed by atoms with E-state index in [0.29, 0.717) is 18.4 Å². The van der Waals surface area contributed by atoms with E-state index in [4.69, 9.17) is 9.97 Å². The van der Waals surface area contributed by atoms with Crippen LogP contribution in [-0.2, 0) is 11.3 Å². The van der Waals surface area contributed by atoms with Crippen LogP contribution < -0.4 is 21.3 Å². The van der Waals surface area contributed by atoms with Gasteiger partial charge in [-0.05, 0) is 92.8 Å². The number of nitrogens with one attached hydrogen (secondary N) is 5. The predicted molar refractivity (Wildman–Crippen MR) is 203 cm³/mol. The van der Waals surface area contributed by atoms with Crippen LogP contribution in [-0.4, -0.2) is 75.2 Å². The zero-order valence-electron chi connectivity index (χ0n) is 29.3. The van der Waals surface area contributed by atoms with E-state index in [1.165, 1.54) is 25.6 Å². The van der Waals surface area contributed by atoms with Crippen LogP contribution in [0.3, 0.4) is 0 Å². The highest BCUT2D eigenvalue weighted by Gasteiger charge is 2.16. The molecule has 0 bridgehead atoms. The molecule has 2 fully saturated rings. The number of nitrogens with zero attached hydrogens (tertiary/aromatic N) is 5. The molecular formula is C39H50N10O. The van der Waals surface area contributed by atoms with Crippen LogP contribution in [0.5, 0.6) is 0 Å². The molecule has 2 aromatic carbocycles. The Hall–Kier alpha value is -4.87. The van der Waals surface area contributed by atoms with E-state index in [9.17, 15) is 4.79 Å². The summed E-state index contributed by atoms with van der Waals surface area (Å²) in [6.07, 6.45) is 14.9. The zero-order valence-corrected chi connectivity index (χ0v) is 29.3. The van der Waals surface area contributed by atoms with Gasteiger partial charge in [0.05, 0.1) is 5.69 Å². The van der Waals surface area contributed by atoms with Gasteiger partial charge in [-0.25, -0.2) is 0 Å². The first-order valence-corrected chi connectivity index (χ1v) is 18.0. The first kappa shape index (κ1) is 35.0. The first-order chi connectivity index (χ1) is 24.5. The molecule has 50 heavy (non-hydrogen) atoms. The molecule has 262 valence electrons. The molecule has 2 aliphatic rings. The predicted octanol–water partition coefficient (Wildman–Crippen LogP) is 6.67. The average Bonchev–Trinajstić information content (AvgIpc) is 3.24. The Morgan fingerprint density at radius 3 is 2.70 bits per heavy atom. The highest BCUT2D eigenvalue weighted by molar-refractivity contribution is 6.02. The first-order valence-electron chi connectivity index (χ1n) is 18.0. The minimum absolute atomic E-state index is 0.119. The summed E-state index contributed by atoms with van der Waals surface area (Å²) in [4.78, 5) is 29.5. The second-order valence-corrected chi connectivity index (χ2v) is 13.5. The highest BCUT2D eigenvalue weighted by Crippen LogP contribution is 2.31. The molecule has 0 saturated carbocycles. The normalized spacial score (nSPS) is 15.7. The molecule has 0 unspecified atom stereocenters. The van der Waals surface area contributed by atoms with Crippen molar-refractivity contribution < 1.29 is 4.79 Å². The van der Waals surface area contributed by atoms with Gasteiger partial charge in [-0.2, -0.15) is 15.1 Å². The number of carbonyl (C=O) groups excluding carboxylic acids is 1. The van der Waals surface area contributed by atoms with Crippen molar-refractivity contribution in [1.82, 2.24) is 35.4 Å². The maximum absolute atomic E-state index is 12.7. The smallest absolute Gasteiger partial charge is 0.248 e. The fraction of sp³-hybridized carbons (Fsp3) is 0.410. The number of aromatic amines is 1. The van der Waals surface area contributed by atoms with Crippen LogP contribution in [0.1, 0.15) is 63.0 Å². The van der Waals surface area contributed by atoms with Gasteiger partial charge >= 0.3 is 0 Å². The number of fused-ring (bicyclic) bond motifs is 1. The summed E-state index contributed by atoms with van der Waals surface area (Å²) in [5.74, 6) is 1.91. The number of pyridine rings is 1. The zero-order chi connectivity index (χ0) is 34.5. The SMILES string of the molecule is CC(C)c1c[nH]ncnc(NCC2CCNCC2)nc1NCc1ccccc1-c1nccc2cc(NC(=O)/C=C/CN3CCCCC3)ccc12. The third-order valence-corrected chi connectivity index (χ3v) is 9.49. The fourth-order valence-corrected chi connectivity index (χ4v) is 6.67. The van der Waals surface area contributed by atoms with Gasteiger partial charge in [0, 0.05) is 60.3 Å². The number of aromatic nitrogens is 5. The second-order valence-electron chi connectivity index (χ2n) is 13.5. The van der Waals surface area contributed by atoms with Gasteiger partial charge in [-0.1, -0.05) is 56.7 Å². The molecule has 2 aliphatic heterocycles. The molecule has 0 spiro atoms. The number of benzene rings is 2. The molecule has 2 saturated heterocycles. The lowest BCUT2D eigenvalue weighted by atomic mass is 9.98. The molecule has 0 radical (unpaired) electrons. The van der Waals surface area contributed by atoms with Gasteiger partial charge in [-0.3, -0.25) is 19.8 Å². The summed E-state index contributed by atoms with van der Waals surface area (Å²) in [6.45, 7) is 10.7. The fourth-order valence-electron chi connectivity index (χ4n) is 6.67. The second kappa shape index (κ2) is 17.7. The van der Waals surface area contributed by atoms with Gasteiger partial charge in [0.2, 0.25) is 11.9 Å². The summed E-state index contributed by atoms with van der Waals surface area (Å²) in [6, 6.07) is 16.3. The van der Waals surface area contributed by atoms with Crippen molar-refractivity contribution in [3.63, 3.8) is 0 Å². The van der Waals surface area contributed by atoms with E-state index in [2.05, 4.69) is 67.3 Å². The Bertz CT molecular complexity index is 1810. The van der Waals surface area contributed by atoms with E-state index >= 15 is 0 Å². The van der Waals surface area contributed by atoms with Crippen molar-refractivity contribution in [2.45, 2.75) is 58.4 Å². The largest absolute Gasteiger partial charge is 0.366 e. The van der Waals surface area contributed by atoms with Crippen molar-refractivity contribution in [2.24, 2.45) is 5.92 Å². The number of amides is 1. The minimum atomic E-state index is -0.119. The number of carbonyl (C=O) groups is 1. The minimum Gasteiger partial charge on any atom is -0.366 e. The summed E-state index contributed by atoms with van der Waals surface area (Å²) in [7, 11) is 0. The lowest BCUT2D eigenvalue weighted by Crippen LogP contribution is -2.31. The van der Waals surface area contributed by atoms with Crippen molar-refractivity contribution >= 4 is 34.1 Å². The summed E-state index contributed by atoms with van der Waals surface area (Å²) < 4.78 is 0. The van der Waals surface area contributed by atoms with Crippen LogP contribution in [0, 0.1) is 5.92 Å². The van der Waals surface area contributed by atoms with Gasteiger partial charge in [0.25, 0.3) is 0 Å². The van der Waals surface area contributed by atoms with E-state index < -0.39 is 0 Å². The van der Waals surface area contributed by atoms with Crippen LogP contribution in [0.4, 0.5) is 17.5 Å². The maximum Gasteiger partial charge on any atom is 0.248 e. The third kappa shape index (κ3) is 9.64. The van der Waals surface area contributed by atoms with Gasteiger partial charge in [0.1, 0.15) is 12.1 Å². The Labute approximate surface area is 295 Å². The number of piperidine rings is 2. The molecule has 2 aromatic heterocycles. The lowest BCUT2D eigenvalue weighted by molar-refractivity contribution is -0.111. The highest BCUT2D eigenvalue weighted by atomic mass is 16.1. The molecular weight excluding hydrogens is 624 g/mol. The molecule has 0 aliphatic carbocycles. The van der Waals surface area contributed by atoms with Crippen molar-refractivity contribution in [2.75, 3.05) is 55.2 Å². The van der Waals surface area contributed by atoms with E-state index in [0.717, 1.165) is 96.8 Å². The molecule has 4 aromatic rings. The number of likely N-dealkylation sites (tertiary alicyclic amines) is 1. The number of anilines is 3. The monoisotopic (exact) mass is 674 g/mol. The number of hydrogen-bond donors (Lipinski definition) is 5. The molecule has 11 nitrogen and oxygen atoms in total. The molecule has 6 rings (SSSR count). The molecule has 0 atom stereocenters. The van der Waals surface area contributed by atoms with Crippen molar-refractivity contribution in [3.05, 3.63) is 90.5 Å². The topological polar surface area (TPSA) is 136 Å². The summed E-state index contributed by atoms with van der Waals surface area (Å²) >= 11 is 0. The average molecular weight is 675 g/mol. The molecule has 11 heteroatoms. The Morgan fingerprint density at radius 1 is 1.02 bits per heavy atom. The van der Waals surface area contributed by atoms with E-state index in [1.54, 1.807) is 6.08 Å². The third-order valence-electron chi connectivity index (χ3n) is 9.49. The Morgan fingerprint density at radius 2 is 1.86 bits per heavy atom. The van der Waals surface area contributed by atoms with Gasteiger partial charge in [0.15, 0.2) is 0 Å². The maximum atomic E-state index is 12.7. The van der Waals surface area contributed by atoms with Crippen LogP contribution in [0.25, 0.3) is 22.0 Å². The summed E-state index contributed by atoms with van der Waals surface area (Å²) in [5.41, 5.74) is 4.75. The molecule has 5 N–H and O–H groups in total. The van der Waals surface area contributed by atoms with Crippen molar-refractivity contribution in [1.29, 1.82) is 0 Å². The van der Waals surface area contributed by atoms with Crippen LogP contribution in [0.2, 0.25) is 0 Å². The van der Waals surface area contributed by atoms with E-state index in [-0.39, 0.29) is 11.8 Å².